The van der Waals surface area contributed by atoms with Crippen LogP contribution in [0, 0.1) is 0 Å². The van der Waals surface area contributed by atoms with Crippen molar-refractivity contribution >= 4 is 21.4 Å². The van der Waals surface area contributed by atoms with Gasteiger partial charge in [-0.2, -0.15) is 13.2 Å². The van der Waals surface area contributed by atoms with Crippen LogP contribution in [0.5, 0.6) is 0 Å². The number of piperidine rings is 1. The molecule has 1 atom stereocenters. The van der Waals surface area contributed by atoms with Gasteiger partial charge < -0.3 is 9.64 Å². The lowest BCUT2D eigenvalue weighted by atomic mass is 10.1. The molecule has 0 bridgehead atoms. The highest BCUT2D eigenvalue weighted by molar-refractivity contribution is 7.92. The fourth-order valence-electron chi connectivity index (χ4n) is 3.25. The first-order valence-electron chi connectivity index (χ1n) is 8.77. The molecule has 0 radical (unpaired) electrons. The highest BCUT2D eigenvalue weighted by atomic mass is 32.2. The first-order valence-corrected chi connectivity index (χ1v) is 10.3. The Labute approximate surface area is 162 Å². The van der Waals surface area contributed by atoms with Crippen molar-refractivity contribution in [1.29, 1.82) is 0 Å². The maximum absolute atomic E-state index is 13.1. The van der Waals surface area contributed by atoms with Gasteiger partial charge in [0, 0.05) is 31.6 Å². The number of benzene rings is 2. The summed E-state index contributed by atoms with van der Waals surface area (Å²) in [7, 11) is -2.71. The highest BCUT2D eigenvalue weighted by Gasteiger charge is 2.36. The van der Waals surface area contributed by atoms with E-state index in [-0.39, 0.29) is 11.8 Å². The molecular weight excluding hydrogens is 393 g/mol. The van der Waals surface area contributed by atoms with Gasteiger partial charge in [0.25, 0.3) is 10.0 Å². The molecule has 152 valence electrons. The number of hydrogen-bond acceptors (Lipinski definition) is 4. The zero-order valence-corrected chi connectivity index (χ0v) is 16.1. The molecule has 0 aliphatic carbocycles. The maximum Gasteiger partial charge on any atom is 0.417 e. The Morgan fingerprint density at radius 2 is 1.79 bits per heavy atom. The number of alkyl halides is 3. The van der Waals surface area contributed by atoms with Crippen LogP contribution in [-0.2, 0) is 20.9 Å². The van der Waals surface area contributed by atoms with Crippen LogP contribution in [0.3, 0.4) is 0 Å². The molecule has 2 aromatic rings. The number of ether oxygens (including phenoxy) is 1. The fourth-order valence-corrected chi connectivity index (χ4v) is 4.54. The standard InChI is InChI=1S/C19H21F3N2O3S/c1-27-16-5-4-12-24(13-16)15-10-8-14(9-11-15)23-28(25,26)18-7-3-2-6-17(18)19(20,21)22/h2-3,6-11,16,23H,4-5,12-13H2,1H3. The second kappa shape index (κ2) is 8.00. The fraction of sp³-hybridized carbons (Fsp3) is 0.368. The number of sulfonamides is 1. The average molecular weight is 414 g/mol. The van der Waals surface area contributed by atoms with Gasteiger partial charge in [-0.05, 0) is 49.2 Å². The zero-order valence-electron chi connectivity index (χ0n) is 15.2. The molecule has 9 heteroatoms. The molecule has 1 aliphatic rings. The van der Waals surface area contributed by atoms with Gasteiger partial charge in [-0.1, -0.05) is 12.1 Å². The van der Waals surface area contributed by atoms with Gasteiger partial charge in [0.2, 0.25) is 0 Å². The van der Waals surface area contributed by atoms with E-state index in [9.17, 15) is 21.6 Å². The van der Waals surface area contributed by atoms with Crippen LogP contribution < -0.4 is 9.62 Å². The van der Waals surface area contributed by atoms with Crippen molar-refractivity contribution in [3.05, 3.63) is 54.1 Å². The van der Waals surface area contributed by atoms with Crippen LogP contribution in [0.25, 0.3) is 0 Å². The van der Waals surface area contributed by atoms with Crippen LogP contribution in [0.4, 0.5) is 24.5 Å². The van der Waals surface area contributed by atoms with Gasteiger partial charge in [-0.3, -0.25) is 4.72 Å². The van der Waals surface area contributed by atoms with Crippen LogP contribution in [-0.4, -0.2) is 34.7 Å². The SMILES string of the molecule is COC1CCCN(c2ccc(NS(=O)(=O)c3ccccc3C(F)(F)F)cc2)C1. The minimum Gasteiger partial charge on any atom is -0.380 e. The third kappa shape index (κ3) is 4.59. The Balaban J connectivity index is 1.79. The topological polar surface area (TPSA) is 58.6 Å². The molecule has 0 aromatic heterocycles. The Bertz CT molecular complexity index is 915. The molecule has 0 saturated carbocycles. The number of halogens is 3. The molecule has 1 aliphatic heterocycles. The lowest BCUT2D eigenvalue weighted by Crippen LogP contribution is -2.39. The molecule has 28 heavy (non-hydrogen) atoms. The first kappa shape index (κ1) is 20.5. The second-order valence-corrected chi connectivity index (χ2v) is 8.24. The van der Waals surface area contributed by atoms with Crippen molar-refractivity contribution in [1.82, 2.24) is 0 Å². The van der Waals surface area contributed by atoms with Gasteiger partial charge >= 0.3 is 6.18 Å². The Kier molecular flexibility index (Phi) is 5.85. The predicted octanol–water partition coefficient (Wildman–Crippen LogP) is 4.12. The van der Waals surface area contributed by atoms with Gasteiger partial charge in [0.1, 0.15) is 0 Å². The van der Waals surface area contributed by atoms with E-state index in [1.165, 1.54) is 6.07 Å². The van der Waals surface area contributed by atoms with Gasteiger partial charge in [-0.15, -0.1) is 0 Å². The lowest BCUT2D eigenvalue weighted by Gasteiger charge is -2.33. The molecule has 1 unspecified atom stereocenters. The summed E-state index contributed by atoms with van der Waals surface area (Å²) in [6, 6.07) is 10.7. The van der Waals surface area contributed by atoms with Crippen LogP contribution in [0.1, 0.15) is 18.4 Å². The molecule has 1 saturated heterocycles. The molecule has 0 amide bonds. The normalized spacial score (nSPS) is 18.1. The number of anilines is 2. The monoisotopic (exact) mass is 414 g/mol. The van der Waals surface area contributed by atoms with Crippen molar-refractivity contribution in [3.63, 3.8) is 0 Å². The van der Waals surface area contributed by atoms with Gasteiger partial charge in [0.15, 0.2) is 0 Å². The van der Waals surface area contributed by atoms with Crippen molar-refractivity contribution in [2.75, 3.05) is 29.8 Å². The van der Waals surface area contributed by atoms with Gasteiger partial charge in [0.05, 0.1) is 16.6 Å². The van der Waals surface area contributed by atoms with E-state index in [0.717, 1.165) is 49.8 Å². The smallest absolute Gasteiger partial charge is 0.380 e. The van der Waals surface area contributed by atoms with E-state index < -0.39 is 26.7 Å². The Morgan fingerprint density at radius 1 is 1.11 bits per heavy atom. The predicted molar refractivity (Wildman–Crippen MR) is 101 cm³/mol. The molecule has 1 N–H and O–H groups in total. The number of nitrogens with one attached hydrogen (secondary N) is 1. The van der Waals surface area contributed by atoms with Crippen molar-refractivity contribution < 1.29 is 26.3 Å². The Morgan fingerprint density at radius 3 is 2.43 bits per heavy atom. The van der Waals surface area contributed by atoms with Gasteiger partial charge in [-0.25, -0.2) is 8.42 Å². The summed E-state index contributed by atoms with van der Waals surface area (Å²) in [5, 5.41) is 0. The minimum absolute atomic E-state index is 0.144. The minimum atomic E-state index is -4.76. The highest BCUT2D eigenvalue weighted by Crippen LogP contribution is 2.34. The third-order valence-corrected chi connectivity index (χ3v) is 6.12. The summed E-state index contributed by atoms with van der Waals surface area (Å²) in [6.45, 7) is 1.60. The first-order chi connectivity index (χ1) is 13.2. The van der Waals surface area contributed by atoms with Crippen molar-refractivity contribution in [3.8, 4) is 0 Å². The molecule has 3 rings (SSSR count). The molecular formula is C19H21F3N2O3S. The summed E-state index contributed by atoms with van der Waals surface area (Å²) >= 11 is 0. The molecule has 5 nitrogen and oxygen atoms in total. The molecule has 1 heterocycles. The van der Waals surface area contributed by atoms with Crippen LogP contribution in [0.2, 0.25) is 0 Å². The third-order valence-electron chi connectivity index (χ3n) is 4.68. The summed E-state index contributed by atoms with van der Waals surface area (Å²) in [5.74, 6) is 0. The second-order valence-electron chi connectivity index (χ2n) is 6.59. The van der Waals surface area contributed by atoms with Crippen molar-refractivity contribution in [2.24, 2.45) is 0 Å². The number of rotatable bonds is 5. The summed E-state index contributed by atoms with van der Waals surface area (Å²) < 4.78 is 72.0. The lowest BCUT2D eigenvalue weighted by molar-refractivity contribution is -0.139. The maximum atomic E-state index is 13.1. The average Bonchev–Trinajstić information content (AvgIpc) is 2.68. The zero-order chi connectivity index (χ0) is 20.4. The largest absolute Gasteiger partial charge is 0.417 e. The van der Waals surface area contributed by atoms with Crippen LogP contribution >= 0.6 is 0 Å². The Hall–Kier alpha value is -2.26. The quantitative estimate of drug-likeness (QED) is 0.800. The molecule has 2 aromatic carbocycles. The summed E-state index contributed by atoms with van der Waals surface area (Å²) in [4.78, 5) is 1.33. The molecule has 1 fully saturated rings. The van der Waals surface area contributed by atoms with E-state index in [1.807, 2.05) is 0 Å². The summed E-state index contributed by atoms with van der Waals surface area (Å²) in [5.41, 5.74) is -0.0977. The molecule has 0 spiro atoms. The van der Waals surface area contributed by atoms with Crippen molar-refractivity contribution in [2.45, 2.75) is 30.0 Å². The van der Waals surface area contributed by atoms with E-state index in [0.29, 0.717) is 0 Å². The number of hydrogen-bond donors (Lipinski definition) is 1. The van der Waals surface area contributed by atoms with Crippen LogP contribution in [0.15, 0.2) is 53.4 Å². The van der Waals surface area contributed by atoms with E-state index >= 15 is 0 Å². The summed E-state index contributed by atoms with van der Waals surface area (Å²) in [6.07, 6.45) is -2.64. The van der Waals surface area contributed by atoms with E-state index in [2.05, 4.69) is 9.62 Å². The number of methoxy groups -OCH3 is 1. The van der Waals surface area contributed by atoms with E-state index in [1.54, 1.807) is 31.4 Å². The van der Waals surface area contributed by atoms with E-state index in [4.69, 9.17) is 4.74 Å². The number of nitrogens with zero attached hydrogens (tertiary/aromatic N) is 1.